The summed E-state index contributed by atoms with van der Waals surface area (Å²) in [6.07, 6.45) is 7.26. The number of rotatable bonds is 11. The Morgan fingerprint density at radius 3 is 2.57 bits per heavy atom. The molecule has 0 spiro atoms. The smallest absolute Gasteiger partial charge is 0.323 e. The Morgan fingerprint density at radius 1 is 1.10 bits per heavy atom. The van der Waals surface area contributed by atoms with Crippen LogP contribution in [0.15, 0.2) is 60.3 Å². The second-order valence-electron chi connectivity index (χ2n) is 13.1. The van der Waals surface area contributed by atoms with Gasteiger partial charge in [-0.15, -0.1) is 11.3 Å². The van der Waals surface area contributed by atoms with Crippen molar-refractivity contribution in [1.29, 1.82) is 0 Å². The molecule has 2 aliphatic carbocycles. The summed E-state index contributed by atoms with van der Waals surface area (Å²) in [5, 5.41) is 5.63. The molecule has 4 heterocycles. The quantitative estimate of drug-likeness (QED) is 0.252. The lowest BCUT2D eigenvalue weighted by Crippen LogP contribution is -2.49. The molecule has 1 saturated heterocycles. The summed E-state index contributed by atoms with van der Waals surface area (Å²) in [5.74, 6) is -0.743. The predicted molar refractivity (Wildman–Crippen MR) is 184 cm³/mol. The van der Waals surface area contributed by atoms with Crippen molar-refractivity contribution in [2.24, 2.45) is 17.6 Å². The third-order valence-corrected chi connectivity index (χ3v) is 10.1. The third kappa shape index (κ3) is 8.43. The lowest BCUT2D eigenvalue weighted by atomic mass is 9.95. The van der Waals surface area contributed by atoms with Crippen LogP contribution in [0.5, 0.6) is 5.75 Å². The van der Waals surface area contributed by atoms with Gasteiger partial charge in [-0.3, -0.25) is 24.5 Å². The van der Waals surface area contributed by atoms with Crippen LogP contribution >= 0.6 is 11.3 Å². The van der Waals surface area contributed by atoms with Crippen molar-refractivity contribution in [3.05, 3.63) is 65.8 Å². The summed E-state index contributed by atoms with van der Waals surface area (Å²) >= 11 is 1.47. The number of ether oxygens (including phenoxy) is 2. The van der Waals surface area contributed by atoms with Gasteiger partial charge in [-0.25, -0.2) is 9.18 Å². The molecule has 3 atom stereocenters. The highest BCUT2D eigenvalue weighted by molar-refractivity contribution is 7.22. The molecular weight excluding hydrogens is 649 g/mol. The first kappa shape index (κ1) is 34.5. The van der Waals surface area contributed by atoms with Gasteiger partial charge >= 0.3 is 12.0 Å². The van der Waals surface area contributed by atoms with E-state index in [1.807, 2.05) is 38.2 Å². The summed E-state index contributed by atoms with van der Waals surface area (Å²) in [5.41, 5.74) is 8.86. The standard InChI is InChI=1S/C35H42FN7O5S/c1-20(2)32(37)34(45)47-19-30(44)43-14-12-42(13-15-43)18-22-4-7-25(39-17-22)29-16-26-33(49-29)28(10-11-38-26)48-27-9-8-24(21(3)31(27)36)41-35(46)40-23-5-6-23/h4,7-11,16-17,20-21,23,31-32H,5-6,12-15,18-19,37H2,1-3H3,(H2,40,41,46). The number of carbonyl (C=O) groups excluding carboxylic acids is 3. The molecule has 49 heavy (non-hydrogen) atoms. The predicted octanol–water partition coefficient (Wildman–Crippen LogP) is 4.13. The summed E-state index contributed by atoms with van der Waals surface area (Å²) in [7, 11) is 0. The van der Waals surface area contributed by atoms with Crippen LogP contribution in [-0.4, -0.2) is 88.7 Å². The molecule has 260 valence electrons. The number of nitrogens with one attached hydrogen (secondary N) is 2. The van der Waals surface area contributed by atoms with Crippen LogP contribution in [0.4, 0.5) is 9.18 Å². The lowest BCUT2D eigenvalue weighted by Gasteiger charge is -2.34. The Hall–Kier alpha value is -4.40. The van der Waals surface area contributed by atoms with E-state index in [0.29, 0.717) is 44.2 Å². The number of nitrogens with two attached hydrogens (primary N) is 1. The SMILES string of the molecule is CC(C)C(N)C(=O)OCC(=O)N1CCN(Cc2ccc(-c3cc4nccc(OC5=CC=C(NC(=O)NC6CC6)C(C)C5F)c4s3)nc2)CC1. The monoisotopic (exact) mass is 691 g/mol. The van der Waals surface area contributed by atoms with Gasteiger partial charge in [0.25, 0.3) is 5.91 Å². The number of fused-ring (bicyclic) bond motifs is 1. The Balaban J connectivity index is 1.03. The fourth-order valence-corrected chi connectivity index (χ4v) is 6.61. The summed E-state index contributed by atoms with van der Waals surface area (Å²) in [4.78, 5) is 50.8. The van der Waals surface area contributed by atoms with Gasteiger partial charge in [-0.2, -0.15) is 0 Å². The van der Waals surface area contributed by atoms with Crippen LogP contribution < -0.4 is 21.1 Å². The van der Waals surface area contributed by atoms with Crippen LogP contribution in [0.2, 0.25) is 0 Å². The molecule has 6 rings (SSSR count). The first-order valence-electron chi connectivity index (χ1n) is 16.6. The minimum absolute atomic E-state index is 0.0606. The van der Waals surface area contributed by atoms with Gasteiger partial charge in [0.15, 0.2) is 12.8 Å². The van der Waals surface area contributed by atoms with E-state index in [9.17, 15) is 14.4 Å². The highest BCUT2D eigenvalue weighted by Crippen LogP contribution is 2.39. The number of halogens is 1. The zero-order chi connectivity index (χ0) is 34.7. The molecule has 14 heteroatoms. The number of amides is 3. The summed E-state index contributed by atoms with van der Waals surface area (Å²) in [6, 6.07) is 6.84. The maximum Gasteiger partial charge on any atom is 0.323 e. The van der Waals surface area contributed by atoms with Crippen LogP contribution in [0, 0.1) is 11.8 Å². The van der Waals surface area contributed by atoms with Crippen molar-refractivity contribution < 1.29 is 28.2 Å². The normalized spacial score (nSPS) is 20.4. The van der Waals surface area contributed by atoms with E-state index in [1.54, 1.807) is 36.2 Å². The van der Waals surface area contributed by atoms with E-state index in [2.05, 4.69) is 20.5 Å². The van der Waals surface area contributed by atoms with E-state index in [1.165, 1.54) is 11.3 Å². The first-order valence-corrected chi connectivity index (χ1v) is 17.4. The number of hydrogen-bond acceptors (Lipinski definition) is 10. The van der Waals surface area contributed by atoms with Gasteiger partial charge in [-0.1, -0.05) is 26.8 Å². The average Bonchev–Trinajstić information content (AvgIpc) is 3.80. The largest absolute Gasteiger partial charge is 0.457 e. The zero-order valence-electron chi connectivity index (χ0n) is 27.9. The van der Waals surface area contributed by atoms with Crippen LogP contribution in [0.3, 0.4) is 0 Å². The fraction of sp³-hybridized carbons (Fsp3) is 0.457. The van der Waals surface area contributed by atoms with Gasteiger partial charge in [0.1, 0.15) is 17.6 Å². The second-order valence-corrected chi connectivity index (χ2v) is 14.1. The highest BCUT2D eigenvalue weighted by Gasteiger charge is 2.32. The topological polar surface area (TPSA) is 152 Å². The zero-order valence-corrected chi connectivity index (χ0v) is 28.7. The Morgan fingerprint density at radius 2 is 1.88 bits per heavy atom. The van der Waals surface area contributed by atoms with E-state index in [4.69, 9.17) is 20.2 Å². The van der Waals surface area contributed by atoms with Gasteiger partial charge < -0.3 is 30.7 Å². The van der Waals surface area contributed by atoms with Crippen LogP contribution in [0.25, 0.3) is 20.8 Å². The molecule has 3 amide bonds. The number of urea groups is 1. The second kappa shape index (κ2) is 15.0. The molecular formula is C35H42FN7O5S. The van der Waals surface area contributed by atoms with Crippen molar-refractivity contribution in [3.8, 4) is 16.3 Å². The number of nitrogens with zero attached hydrogens (tertiary/aromatic N) is 4. The first-order chi connectivity index (χ1) is 23.5. The number of pyridine rings is 2. The molecule has 1 aliphatic heterocycles. The molecule has 1 saturated carbocycles. The summed E-state index contributed by atoms with van der Waals surface area (Å²) < 4.78 is 27.5. The molecule has 0 bridgehead atoms. The lowest BCUT2D eigenvalue weighted by molar-refractivity contribution is -0.154. The molecule has 3 unspecified atom stereocenters. The molecule has 3 aromatic heterocycles. The van der Waals surface area contributed by atoms with E-state index >= 15 is 4.39 Å². The van der Waals surface area contributed by atoms with Gasteiger partial charge in [0.2, 0.25) is 0 Å². The van der Waals surface area contributed by atoms with Gasteiger partial charge in [0, 0.05) is 68.8 Å². The van der Waals surface area contributed by atoms with Crippen LogP contribution in [0.1, 0.15) is 39.2 Å². The maximum atomic E-state index is 15.5. The van der Waals surface area contributed by atoms with E-state index in [-0.39, 0.29) is 36.3 Å². The number of esters is 1. The molecule has 3 aliphatic rings. The number of aromatic nitrogens is 2. The van der Waals surface area contributed by atoms with Crippen molar-refractivity contribution in [2.45, 2.75) is 58.4 Å². The van der Waals surface area contributed by atoms with Crippen molar-refractivity contribution >= 4 is 39.5 Å². The Kier molecular flexibility index (Phi) is 10.6. The number of hydrogen-bond donors (Lipinski definition) is 3. The molecule has 0 radical (unpaired) electrons. The third-order valence-electron chi connectivity index (χ3n) is 8.94. The van der Waals surface area contributed by atoms with Crippen LogP contribution in [-0.2, 0) is 20.9 Å². The van der Waals surface area contributed by atoms with E-state index < -0.39 is 24.1 Å². The number of carbonyl (C=O) groups is 3. The van der Waals surface area contributed by atoms with Gasteiger partial charge in [0.05, 0.1) is 20.8 Å². The summed E-state index contributed by atoms with van der Waals surface area (Å²) in [6.45, 7) is 8.24. The highest BCUT2D eigenvalue weighted by atomic mass is 32.1. The molecule has 3 aromatic rings. The molecule has 12 nitrogen and oxygen atoms in total. The number of thiophene rings is 1. The van der Waals surface area contributed by atoms with Gasteiger partial charge in [-0.05, 0) is 48.6 Å². The minimum atomic E-state index is -1.43. The maximum absolute atomic E-state index is 15.5. The van der Waals surface area contributed by atoms with E-state index in [0.717, 1.165) is 39.2 Å². The Bertz CT molecular complexity index is 1750. The minimum Gasteiger partial charge on any atom is -0.457 e. The molecule has 4 N–H and O–H groups in total. The molecule has 2 fully saturated rings. The number of alkyl halides is 1. The van der Waals surface area contributed by atoms with Crippen molar-refractivity contribution in [3.63, 3.8) is 0 Å². The number of piperazine rings is 1. The average molecular weight is 692 g/mol. The Labute approximate surface area is 288 Å². The fourth-order valence-electron chi connectivity index (χ4n) is 5.56. The molecule has 0 aromatic carbocycles. The van der Waals surface area contributed by atoms with Crippen molar-refractivity contribution in [2.75, 3.05) is 32.8 Å². The number of allylic oxidation sites excluding steroid dienone is 4. The van der Waals surface area contributed by atoms with Crippen molar-refractivity contribution in [1.82, 2.24) is 30.4 Å².